The number of amides is 2. The fourth-order valence-electron chi connectivity index (χ4n) is 2.92. The van der Waals surface area contributed by atoms with E-state index in [2.05, 4.69) is 15.5 Å². The number of rotatable bonds is 5. The van der Waals surface area contributed by atoms with Crippen LogP contribution in [0.4, 0.5) is 10.1 Å². The van der Waals surface area contributed by atoms with Crippen LogP contribution < -0.4 is 10.6 Å². The molecule has 1 aliphatic rings. The molecule has 2 aromatic rings. The molecule has 6 nitrogen and oxygen atoms in total. The average molecular weight is 371 g/mol. The maximum Gasteiger partial charge on any atom is 0.313 e. The lowest BCUT2D eigenvalue weighted by Gasteiger charge is -2.33. The molecular weight excluding hydrogens is 349 g/mol. The van der Waals surface area contributed by atoms with Gasteiger partial charge in [0.25, 0.3) is 0 Å². The van der Waals surface area contributed by atoms with Crippen LogP contribution in [0.2, 0.25) is 0 Å². The summed E-state index contributed by atoms with van der Waals surface area (Å²) in [4.78, 5) is 25.9. The van der Waals surface area contributed by atoms with Crippen LogP contribution in [0.25, 0.3) is 0 Å². The normalized spacial score (nSPS) is 17.3. The predicted octanol–water partition coefficient (Wildman–Crippen LogP) is 1.95. The van der Waals surface area contributed by atoms with Gasteiger partial charge in [-0.05, 0) is 17.7 Å². The molecule has 0 aliphatic carbocycles. The van der Waals surface area contributed by atoms with E-state index >= 15 is 0 Å². The van der Waals surface area contributed by atoms with Gasteiger partial charge in [0.05, 0.1) is 18.4 Å². The van der Waals surface area contributed by atoms with Crippen LogP contribution in [0.5, 0.6) is 0 Å². The molecule has 0 spiro atoms. The van der Waals surface area contributed by atoms with E-state index in [1.807, 2.05) is 30.3 Å². The summed E-state index contributed by atoms with van der Waals surface area (Å²) in [5.74, 6) is -2.26. The number of nitrogens with zero attached hydrogens (tertiary/aromatic N) is 1. The maximum absolute atomic E-state index is 13.5. The zero-order valence-electron chi connectivity index (χ0n) is 14.9. The van der Waals surface area contributed by atoms with E-state index in [9.17, 15) is 14.0 Å². The highest BCUT2D eigenvalue weighted by Gasteiger charge is 2.22. The second-order valence-electron chi connectivity index (χ2n) is 6.26. The van der Waals surface area contributed by atoms with Crippen molar-refractivity contribution in [3.8, 4) is 0 Å². The second-order valence-corrected chi connectivity index (χ2v) is 6.26. The van der Waals surface area contributed by atoms with E-state index in [1.54, 1.807) is 6.07 Å². The first kappa shape index (κ1) is 19.0. The Morgan fingerprint density at radius 2 is 1.81 bits per heavy atom. The SMILES string of the molecule is O=C(NCCN1CCOC(c2ccccc2)C1)C(=O)Nc1ccccc1F. The lowest BCUT2D eigenvalue weighted by Crippen LogP contribution is -2.44. The quantitative estimate of drug-likeness (QED) is 0.789. The van der Waals surface area contributed by atoms with E-state index in [0.29, 0.717) is 19.7 Å². The molecule has 7 heteroatoms. The van der Waals surface area contributed by atoms with Gasteiger partial charge in [0.2, 0.25) is 0 Å². The predicted molar refractivity (Wildman–Crippen MR) is 99.6 cm³/mol. The van der Waals surface area contributed by atoms with Crippen molar-refractivity contribution in [2.75, 3.05) is 38.1 Å². The zero-order chi connectivity index (χ0) is 19.1. The lowest BCUT2D eigenvalue weighted by atomic mass is 10.1. The van der Waals surface area contributed by atoms with Gasteiger partial charge in [0.1, 0.15) is 5.82 Å². The van der Waals surface area contributed by atoms with E-state index in [-0.39, 0.29) is 11.8 Å². The van der Waals surface area contributed by atoms with Gasteiger partial charge in [-0.15, -0.1) is 0 Å². The summed E-state index contributed by atoms with van der Waals surface area (Å²) in [6.45, 7) is 3.03. The molecule has 1 unspecified atom stereocenters. The Kier molecular flexibility index (Phi) is 6.51. The van der Waals surface area contributed by atoms with Crippen LogP contribution >= 0.6 is 0 Å². The van der Waals surface area contributed by atoms with E-state index < -0.39 is 17.6 Å². The molecule has 142 valence electrons. The standard InChI is InChI=1S/C20H22FN3O3/c21-16-8-4-5-9-17(16)23-20(26)19(25)22-10-11-24-12-13-27-18(14-24)15-6-2-1-3-7-15/h1-9,18H,10-14H2,(H,22,25)(H,23,26). The summed E-state index contributed by atoms with van der Waals surface area (Å²) in [6.07, 6.45) is 0.00000553. The summed E-state index contributed by atoms with van der Waals surface area (Å²) in [5, 5.41) is 4.84. The van der Waals surface area contributed by atoms with Crippen LogP contribution in [-0.2, 0) is 14.3 Å². The van der Waals surface area contributed by atoms with Gasteiger partial charge in [-0.1, -0.05) is 42.5 Å². The third kappa shape index (κ3) is 5.35. The van der Waals surface area contributed by atoms with Gasteiger partial charge in [-0.2, -0.15) is 0 Å². The summed E-state index contributed by atoms with van der Waals surface area (Å²) < 4.78 is 19.3. The van der Waals surface area contributed by atoms with Crippen molar-refractivity contribution in [1.82, 2.24) is 10.2 Å². The van der Waals surface area contributed by atoms with E-state index in [1.165, 1.54) is 18.2 Å². The largest absolute Gasteiger partial charge is 0.371 e. The van der Waals surface area contributed by atoms with Crippen molar-refractivity contribution < 1.29 is 18.7 Å². The zero-order valence-corrected chi connectivity index (χ0v) is 14.9. The first-order valence-corrected chi connectivity index (χ1v) is 8.86. The fourth-order valence-corrected chi connectivity index (χ4v) is 2.92. The fraction of sp³-hybridized carbons (Fsp3) is 0.300. The molecule has 1 fully saturated rings. The molecule has 0 bridgehead atoms. The van der Waals surface area contributed by atoms with Crippen molar-refractivity contribution in [1.29, 1.82) is 0 Å². The van der Waals surface area contributed by atoms with Crippen molar-refractivity contribution in [3.63, 3.8) is 0 Å². The second kappa shape index (κ2) is 9.25. The molecule has 2 N–H and O–H groups in total. The number of carbonyl (C=O) groups excluding carboxylic acids is 2. The number of ether oxygens (including phenoxy) is 1. The number of hydrogen-bond donors (Lipinski definition) is 2. The molecule has 2 amide bonds. The number of para-hydroxylation sites is 1. The number of morpholine rings is 1. The van der Waals surface area contributed by atoms with Crippen molar-refractivity contribution in [3.05, 3.63) is 66.0 Å². The number of nitrogens with one attached hydrogen (secondary N) is 2. The van der Waals surface area contributed by atoms with Crippen LogP contribution in [0.1, 0.15) is 11.7 Å². The molecule has 27 heavy (non-hydrogen) atoms. The number of anilines is 1. The summed E-state index contributed by atoms with van der Waals surface area (Å²) >= 11 is 0. The van der Waals surface area contributed by atoms with Gasteiger partial charge in [-0.3, -0.25) is 14.5 Å². The third-order valence-corrected chi connectivity index (χ3v) is 4.36. The minimum Gasteiger partial charge on any atom is -0.371 e. The Labute approximate surface area is 157 Å². The van der Waals surface area contributed by atoms with Gasteiger partial charge in [0.15, 0.2) is 0 Å². The molecule has 0 saturated carbocycles. The number of halogens is 1. The van der Waals surface area contributed by atoms with E-state index in [4.69, 9.17) is 4.74 Å². The van der Waals surface area contributed by atoms with Crippen molar-refractivity contribution >= 4 is 17.5 Å². The monoisotopic (exact) mass is 371 g/mol. The highest BCUT2D eigenvalue weighted by molar-refractivity contribution is 6.39. The molecule has 1 heterocycles. The minimum absolute atomic E-state index is 0.00000553. The maximum atomic E-state index is 13.5. The lowest BCUT2D eigenvalue weighted by molar-refractivity contribution is -0.136. The molecule has 1 aliphatic heterocycles. The summed E-state index contributed by atoms with van der Waals surface area (Å²) in [7, 11) is 0. The molecule has 0 aromatic heterocycles. The van der Waals surface area contributed by atoms with Crippen LogP contribution in [-0.4, -0.2) is 49.5 Å². The Morgan fingerprint density at radius 1 is 1.07 bits per heavy atom. The highest BCUT2D eigenvalue weighted by Crippen LogP contribution is 2.21. The Balaban J connectivity index is 1.43. The minimum atomic E-state index is -0.885. The van der Waals surface area contributed by atoms with Crippen LogP contribution in [0.3, 0.4) is 0 Å². The first-order chi connectivity index (χ1) is 13.1. The molecule has 2 aromatic carbocycles. The van der Waals surface area contributed by atoms with Gasteiger partial charge >= 0.3 is 11.8 Å². The summed E-state index contributed by atoms with van der Waals surface area (Å²) in [5.41, 5.74) is 1.10. The van der Waals surface area contributed by atoms with E-state index in [0.717, 1.165) is 18.7 Å². The number of hydrogen-bond acceptors (Lipinski definition) is 4. The Morgan fingerprint density at radius 3 is 2.59 bits per heavy atom. The average Bonchev–Trinajstić information content (AvgIpc) is 2.70. The molecule has 0 radical (unpaired) electrons. The Hall–Kier alpha value is -2.77. The van der Waals surface area contributed by atoms with Gasteiger partial charge in [0, 0.05) is 26.2 Å². The smallest absolute Gasteiger partial charge is 0.313 e. The van der Waals surface area contributed by atoms with Crippen LogP contribution in [0.15, 0.2) is 54.6 Å². The van der Waals surface area contributed by atoms with Gasteiger partial charge in [-0.25, -0.2) is 4.39 Å². The topological polar surface area (TPSA) is 70.7 Å². The molecule has 1 saturated heterocycles. The van der Waals surface area contributed by atoms with Crippen LogP contribution in [0, 0.1) is 5.82 Å². The first-order valence-electron chi connectivity index (χ1n) is 8.86. The highest BCUT2D eigenvalue weighted by atomic mass is 19.1. The molecule has 1 atom stereocenters. The van der Waals surface area contributed by atoms with Gasteiger partial charge < -0.3 is 15.4 Å². The van der Waals surface area contributed by atoms with Crippen molar-refractivity contribution in [2.24, 2.45) is 0 Å². The third-order valence-electron chi connectivity index (χ3n) is 4.36. The van der Waals surface area contributed by atoms with Crippen molar-refractivity contribution in [2.45, 2.75) is 6.10 Å². The number of benzene rings is 2. The number of carbonyl (C=O) groups is 2. The summed E-state index contributed by atoms with van der Waals surface area (Å²) in [6, 6.07) is 15.7. The molecule has 3 rings (SSSR count). The Bertz CT molecular complexity index is 785. The molecular formula is C20H22FN3O3.